The largest absolute Gasteiger partial charge is 0.464 e. The number of methoxy groups -OCH3 is 1. The Kier molecular flexibility index (Phi) is 9.52. The molecule has 0 aromatic carbocycles. The van der Waals surface area contributed by atoms with Crippen molar-refractivity contribution in [2.24, 2.45) is 11.7 Å². The van der Waals surface area contributed by atoms with Crippen molar-refractivity contribution in [2.75, 3.05) is 13.7 Å². The van der Waals surface area contributed by atoms with Crippen molar-refractivity contribution >= 4 is 5.97 Å². The molecule has 2 N–H and O–H groups in total. The molecule has 0 aliphatic carbocycles. The number of nitrogens with zero attached hydrogens (tertiary/aromatic N) is 3. The summed E-state index contributed by atoms with van der Waals surface area (Å²) in [7, 11) is 1.26. The van der Waals surface area contributed by atoms with Gasteiger partial charge in [-0.1, -0.05) is 34.1 Å². The van der Waals surface area contributed by atoms with E-state index in [4.69, 9.17) is 19.0 Å². The molecule has 148 valence electrons. The Hall–Kier alpha value is -2.94. The zero-order valence-electron chi connectivity index (χ0n) is 16.3. The Bertz CT molecular complexity index is 775. The second-order valence-electron chi connectivity index (χ2n) is 5.19. The van der Waals surface area contributed by atoms with Crippen LogP contribution >= 0.6 is 0 Å². The van der Waals surface area contributed by atoms with Gasteiger partial charge in [-0.15, -0.1) is 0 Å². The maximum atomic E-state index is 11.2. The van der Waals surface area contributed by atoms with Crippen LogP contribution in [0.5, 0.6) is 0 Å². The Labute approximate surface area is 157 Å². The van der Waals surface area contributed by atoms with Gasteiger partial charge in [0.2, 0.25) is 11.8 Å². The average molecular weight is 378 g/mol. The Balaban J connectivity index is 0.000000392. The molecule has 1 atom stereocenters. The van der Waals surface area contributed by atoms with E-state index in [1.165, 1.54) is 38.7 Å². The maximum Gasteiger partial charge on any atom is 0.360 e. The van der Waals surface area contributed by atoms with Gasteiger partial charge in [0.1, 0.15) is 18.8 Å². The van der Waals surface area contributed by atoms with E-state index in [9.17, 15) is 4.79 Å². The van der Waals surface area contributed by atoms with Crippen LogP contribution in [0.3, 0.4) is 0 Å². The first-order valence-electron chi connectivity index (χ1n) is 8.67. The van der Waals surface area contributed by atoms with Crippen molar-refractivity contribution in [3.8, 4) is 23.2 Å². The summed E-state index contributed by atoms with van der Waals surface area (Å²) in [6.45, 7) is 9.13. The van der Waals surface area contributed by atoms with Gasteiger partial charge in [-0.3, -0.25) is 0 Å². The maximum absolute atomic E-state index is 11.2. The van der Waals surface area contributed by atoms with Gasteiger partial charge in [-0.25, -0.2) is 19.7 Å². The van der Waals surface area contributed by atoms with Gasteiger partial charge in [-0.2, -0.15) is 0 Å². The number of hydrogen-bond donors (Lipinski definition) is 1. The fourth-order valence-electron chi connectivity index (χ4n) is 1.56. The van der Waals surface area contributed by atoms with Gasteiger partial charge in [0.25, 0.3) is 0 Å². The molecule has 9 nitrogen and oxygen atoms in total. The monoisotopic (exact) mass is 378 g/mol. The van der Waals surface area contributed by atoms with Crippen molar-refractivity contribution < 1.29 is 22.8 Å². The zero-order valence-corrected chi connectivity index (χ0v) is 16.3. The van der Waals surface area contributed by atoms with Crippen molar-refractivity contribution in [3.05, 3.63) is 30.9 Å². The molecular formula is C18H26N4O5. The van der Waals surface area contributed by atoms with Crippen LogP contribution in [0.25, 0.3) is 23.2 Å². The fourth-order valence-corrected chi connectivity index (χ4v) is 1.56. The van der Waals surface area contributed by atoms with Crippen LogP contribution in [-0.4, -0.2) is 34.6 Å². The lowest BCUT2D eigenvalue weighted by Crippen LogP contribution is -2.08. The number of ether oxygens (including phenoxy) is 1. The molecule has 0 aliphatic heterocycles. The second-order valence-corrected chi connectivity index (χ2v) is 5.19. The quantitative estimate of drug-likeness (QED) is 0.659. The summed E-state index contributed by atoms with van der Waals surface area (Å²) < 4.78 is 19.7. The molecule has 0 saturated heterocycles. The molecule has 1 unspecified atom stereocenters. The highest BCUT2D eigenvalue weighted by Gasteiger charge is 2.17. The normalized spacial score (nSPS) is 10.9. The fraction of sp³-hybridized carbons (Fsp3) is 0.444. The summed E-state index contributed by atoms with van der Waals surface area (Å²) in [5, 5.41) is 0. The van der Waals surface area contributed by atoms with Crippen LogP contribution in [0.1, 0.15) is 44.6 Å². The summed E-state index contributed by atoms with van der Waals surface area (Å²) >= 11 is 0. The Morgan fingerprint density at radius 1 is 1.15 bits per heavy atom. The molecular weight excluding hydrogens is 352 g/mol. The highest BCUT2D eigenvalue weighted by atomic mass is 16.5. The van der Waals surface area contributed by atoms with Gasteiger partial charge in [0.15, 0.2) is 23.5 Å². The van der Waals surface area contributed by atoms with Crippen LogP contribution in [0.15, 0.2) is 38.4 Å². The summed E-state index contributed by atoms with van der Waals surface area (Å²) in [4.78, 5) is 23.2. The highest BCUT2D eigenvalue weighted by Crippen LogP contribution is 2.23. The molecule has 3 heterocycles. The number of rotatable bonds is 5. The molecule has 3 aromatic rings. The first kappa shape index (κ1) is 22.1. The minimum atomic E-state index is -0.588. The predicted octanol–water partition coefficient (Wildman–Crippen LogP) is 3.79. The molecule has 0 aliphatic rings. The van der Waals surface area contributed by atoms with Gasteiger partial charge < -0.3 is 23.7 Å². The minimum absolute atomic E-state index is 0.0588. The van der Waals surface area contributed by atoms with Crippen LogP contribution in [0, 0.1) is 5.92 Å². The summed E-state index contributed by atoms with van der Waals surface area (Å²) in [5.41, 5.74) is 6.13. The van der Waals surface area contributed by atoms with Crippen molar-refractivity contribution in [1.29, 1.82) is 0 Å². The molecule has 0 spiro atoms. The van der Waals surface area contributed by atoms with E-state index in [0.29, 0.717) is 17.3 Å². The number of hydrogen-bond acceptors (Lipinski definition) is 9. The topological polar surface area (TPSA) is 130 Å². The predicted molar refractivity (Wildman–Crippen MR) is 98.7 cm³/mol. The second kappa shape index (κ2) is 11.6. The lowest BCUT2D eigenvalue weighted by Gasteiger charge is -1.98. The lowest BCUT2D eigenvalue weighted by molar-refractivity contribution is 0.0594. The van der Waals surface area contributed by atoms with Gasteiger partial charge in [0, 0.05) is 0 Å². The number of carbonyl (C=O) groups excluding carboxylic acids is 1. The first-order chi connectivity index (χ1) is 13.1. The van der Waals surface area contributed by atoms with Crippen LogP contribution in [0.2, 0.25) is 0 Å². The van der Waals surface area contributed by atoms with Crippen LogP contribution in [0.4, 0.5) is 0 Å². The van der Waals surface area contributed by atoms with Crippen molar-refractivity contribution in [1.82, 2.24) is 15.0 Å². The standard InChI is InChI=1S/C11H7N3O5.C5H13N.C2H6/c1-16-11(15)8-4-19-10(14-8)7-3-18-9(13-7)6-2-17-5-12-6;1-3-5(2)4-6;1-2/h2-5H,1H3;5H,3-4,6H2,1-2H3;1-2H3. The summed E-state index contributed by atoms with van der Waals surface area (Å²) in [6, 6.07) is 0. The molecule has 3 rings (SSSR count). The van der Waals surface area contributed by atoms with E-state index >= 15 is 0 Å². The molecule has 0 saturated carbocycles. The van der Waals surface area contributed by atoms with E-state index in [-0.39, 0.29) is 17.5 Å². The Morgan fingerprint density at radius 2 is 1.81 bits per heavy atom. The number of carbonyl (C=O) groups is 1. The van der Waals surface area contributed by atoms with E-state index < -0.39 is 5.97 Å². The number of oxazole rings is 3. The third kappa shape index (κ3) is 6.37. The van der Waals surface area contributed by atoms with Crippen LogP contribution in [-0.2, 0) is 4.74 Å². The molecule has 0 fully saturated rings. The van der Waals surface area contributed by atoms with Gasteiger partial charge >= 0.3 is 5.97 Å². The van der Waals surface area contributed by atoms with E-state index in [0.717, 1.165) is 6.54 Å². The van der Waals surface area contributed by atoms with E-state index in [2.05, 4.69) is 33.5 Å². The molecule has 9 heteroatoms. The molecule has 3 aromatic heterocycles. The van der Waals surface area contributed by atoms with Crippen molar-refractivity contribution in [2.45, 2.75) is 34.1 Å². The summed E-state index contributed by atoms with van der Waals surface area (Å²) in [5.74, 6) is 0.542. The highest BCUT2D eigenvalue weighted by molar-refractivity contribution is 5.87. The number of aromatic nitrogens is 3. The van der Waals surface area contributed by atoms with Gasteiger partial charge in [-0.05, 0) is 12.5 Å². The first-order valence-corrected chi connectivity index (χ1v) is 8.67. The smallest absolute Gasteiger partial charge is 0.360 e. The molecule has 0 bridgehead atoms. The number of esters is 1. The molecule has 0 radical (unpaired) electrons. The van der Waals surface area contributed by atoms with Crippen LogP contribution < -0.4 is 5.73 Å². The average Bonchev–Trinajstić information content (AvgIpc) is 3.48. The molecule has 27 heavy (non-hydrogen) atoms. The zero-order chi connectivity index (χ0) is 20.2. The third-order valence-electron chi connectivity index (χ3n) is 3.37. The molecule has 0 amide bonds. The van der Waals surface area contributed by atoms with E-state index in [1.807, 2.05) is 13.8 Å². The SMILES string of the molecule is CC.CCC(C)CN.COC(=O)c1coc(-c2coc(-c3cocn3)n2)n1. The van der Waals surface area contributed by atoms with E-state index in [1.54, 1.807) is 0 Å². The Morgan fingerprint density at radius 3 is 2.33 bits per heavy atom. The third-order valence-corrected chi connectivity index (χ3v) is 3.37. The minimum Gasteiger partial charge on any atom is -0.464 e. The lowest BCUT2D eigenvalue weighted by atomic mass is 10.1. The number of nitrogens with two attached hydrogens (primary N) is 1. The van der Waals surface area contributed by atoms with Crippen molar-refractivity contribution in [3.63, 3.8) is 0 Å². The summed E-state index contributed by atoms with van der Waals surface area (Å²) in [6.07, 6.45) is 6.39. The van der Waals surface area contributed by atoms with Gasteiger partial charge in [0.05, 0.1) is 7.11 Å².